The van der Waals surface area contributed by atoms with Gasteiger partial charge in [-0.15, -0.1) is 0 Å². The van der Waals surface area contributed by atoms with Crippen LogP contribution in [-0.4, -0.2) is 104 Å². The third-order valence-corrected chi connectivity index (χ3v) is 5.82. The zero-order chi connectivity index (χ0) is 16.4. The lowest BCUT2D eigenvalue weighted by Crippen LogP contribution is -2.45. The Balaban J connectivity index is 1.40. The van der Waals surface area contributed by atoms with Crippen molar-refractivity contribution in [1.82, 2.24) is 19.6 Å². The molecule has 3 heterocycles. The molecular weight excluding hydrogens is 292 g/mol. The molecule has 1 amide bonds. The lowest BCUT2D eigenvalue weighted by Gasteiger charge is -2.35. The van der Waals surface area contributed by atoms with Crippen molar-refractivity contribution in [2.24, 2.45) is 0 Å². The molecular formula is C17H32N4O2. The molecule has 3 rings (SSSR count). The van der Waals surface area contributed by atoms with E-state index in [-0.39, 0.29) is 11.7 Å². The first-order chi connectivity index (χ1) is 11.0. The van der Waals surface area contributed by atoms with Crippen molar-refractivity contribution < 1.29 is 9.53 Å². The first kappa shape index (κ1) is 17.0. The minimum absolute atomic E-state index is 0.0952. The van der Waals surface area contributed by atoms with Gasteiger partial charge in [0.05, 0.1) is 6.54 Å². The van der Waals surface area contributed by atoms with Gasteiger partial charge in [-0.1, -0.05) is 0 Å². The van der Waals surface area contributed by atoms with E-state index in [0.29, 0.717) is 6.04 Å². The fourth-order valence-electron chi connectivity index (χ4n) is 4.07. The first-order valence-corrected chi connectivity index (χ1v) is 9.03. The third-order valence-electron chi connectivity index (χ3n) is 5.82. The van der Waals surface area contributed by atoms with Crippen LogP contribution in [0.1, 0.15) is 25.7 Å². The van der Waals surface area contributed by atoms with Gasteiger partial charge in [0.2, 0.25) is 0 Å². The second-order valence-electron chi connectivity index (χ2n) is 7.84. The Labute approximate surface area is 140 Å². The van der Waals surface area contributed by atoms with E-state index in [2.05, 4.69) is 35.8 Å². The molecule has 0 aliphatic carbocycles. The molecule has 6 nitrogen and oxygen atoms in total. The topological polar surface area (TPSA) is 39.3 Å². The fraction of sp³-hybridized carbons (Fsp3) is 0.941. The van der Waals surface area contributed by atoms with Crippen LogP contribution in [0.3, 0.4) is 0 Å². The standard InChI is InChI=1S/C17H32N4O2/c1-18(2)15-5-10-20(13-15)8-4-9-21-14-17(23-16(21)22)6-11-19(3)12-7-17/h15H,4-14H2,1-3H3. The summed E-state index contributed by atoms with van der Waals surface area (Å²) in [5.41, 5.74) is -0.201. The van der Waals surface area contributed by atoms with Crippen LogP contribution in [0.25, 0.3) is 0 Å². The number of ether oxygens (including phenoxy) is 1. The maximum Gasteiger partial charge on any atom is 0.410 e. The number of carbonyl (C=O) groups excluding carboxylic acids is 1. The number of hydrogen-bond donors (Lipinski definition) is 0. The summed E-state index contributed by atoms with van der Waals surface area (Å²) >= 11 is 0. The maximum atomic E-state index is 12.2. The van der Waals surface area contributed by atoms with E-state index in [1.807, 2.05) is 4.90 Å². The normalized spacial score (nSPS) is 29.0. The Hall–Kier alpha value is -0.850. The molecule has 1 atom stereocenters. The van der Waals surface area contributed by atoms with Gasteiger partial charge < -0.3 is 24.3 Å². The van der Waals surface area contributed by atoms with Crippen LogP contribution < -0.4 is 0 Å². The zero-order valence-corrected chi connectivity index (χ0v) is 15.0. The van der Waals surface area contributed by atoms with Crippen LogP contribution in [0.5, 0.6) is 0 Å². The van der Waals surface area contributed by atoms with Crippen LogP contribution in [0.4, 0.5) is 4.79 Å². The summed E-state index contributed by atoms with van der Waals surface area (Å²) in [6.45, 7) is 7.11. The molecule has 3 aliphatic rings. The molecule has 0 radical (unpaired) electrons. The predicted molar refractivity (Wildman–Crippen MR) is 90.7 cm³/mol. The number of likely N-dealkylation sites (tertiary alicyclic amines) is 2. The minimum atomic E-state index is -0.201. The molecule has 0 saturated carbocycles. The smallest absolute Gasteiger partial charge is 0.410 e. The Morgan fingerprint density at radius 2 is 1.96 bits per heavy atom. The Kier molecular flexibility index (Phi) is 5.13. The number of nitrogens with zero attached hydrogens (tertiary/aromatic N) is 4. The highest BCUT2D eigenvalue weighted by atomic mass is 16.6. The van der Waals surface area contributed by atoms with Gasteiger partial charge in [0.25, 0.3) is 0 Å². The van der Waals surface area contributed by atoms with Crippen LogP contribution in [0.15, 0.2) is 0 Å². The highest BCUT2D eigenvalue weighted by molar-refractivity contribution is 5.70. The van der Waals surface area contributed by atoms with E-state index in [4.69, 9.17) is 4.74 Å². The quantitative estimate of drug-likeness (QED) is 0.752. The number of piperidine rings is 1. The summed E-state index contributed by atoms with van der Waals surface area (Å²) in [5.74, 6) is 0. The van der Waals surface area contributed by atoms with Crippen molar-refractivity contribution in [3.63, 3.8) is 0 Å². The predicted octanol–water partition coefficient (Wildman–Crippen LogP) is 0.929. The largest absolute Gasteiger partial charge is 0.441 e. The van der Waals surface area contributed by atoms with Gasteiger partial charge in [0.1, 0.15) is 5.60 Å². The van der Waals surface area contributed by atoms with Crippen LogP contribution in [0.2, 0.25) is 0 Å². The van der Waals surface area contributed by atoms with Crippen LogP contribution >= 0.6 is 0 Å². The van der Waals surface area contributed by atoms with E-state index < -0.39 is 0 Å². The number of carbonyl (C=O) groups is 1. The molecule has 0 aromatic carbocycles. The van der Waals surface area contributed by atoms with E-state index >= 15 is 0 Å². The molecule has 1 spiro atoms. The van der Waals surface area contributed by atoms with Gasteiger partial charge in [-0.05, 0) is 47.1 Å². The summed E-state index contributed by atoms with van der Waals surface area (Å²) < 4.78 is 5.76. The first-order valence-electron chi connectivity index (χ1n) is 9.03. The van der Waals surface area contributed by atoms with Crippen molar-refractivity contribution in [3.05, 3.63) is 0 Å². The number of likely N-dealkylation sites (N-methyl/N-ethyl adjacent to an activating group) is 1. The molecule has 0 bridgehead atoms. The minimum Gasteiger partial charge on any atom is -0.441 e. The van der Waals surface area contributed by atoms with Gasteiger partial charge >= 0.3 is 6.09 Å². The van der Waals surface area contributed by atoms with Gasteiger partial charge in [-0.2, -0.15) is 0 Å². The van der Waals surface area contributed by atoms with Gasteiger partial charge in [0, 0.05) is 45.1 Å². The van der Waals surface area contributed by atoms with Crippen molar-refractivity contribution in [2.75, 3.05) is 67.0 Å². The van der Waals surface area contributed by atoms with Crippen molar-refractivity contribution in [1.29, 1.82) is 0 Å². The fourth-order valence-corrected chi connectivity index (χ4v) is 4.07. The summed E-state index contributed by atoms with van der Waals surface area (Å²) in [4.78, 5) is 21.3. The number of amides is 1. The Bertz CT molecular complexity index is 421. The molecule has 0 aromatic rings. The Morgan fingerprint density at radius 1 is 1.22 bits per heavy atom. The van der Waals surface area contributed by atoms with E-state index in [9.17, 15) is 4.79 Å². The van der Waals surface area contributed by atoms with Crippen molar-refractivity contribution in [2.45, 2.75) is 37.3 Å². The highest BCUT2D eigenvalue weighted by Gasteiger charge is 2.46. The average molecular weight is 324 g/mol. The van der Waals surface area contributed by atoms with Gasteiger partial charge in [-0.3, -0.25) is 0 Å². The van der Waals surface area contributed by atoms with Crippen molar-refractivity contribution >= 4 is 6.09 Å². The number of hydrogen-bond acceptors (Lipinski definition) is 5. The maximum absolute atomic E-state index is 12.2. The monoisotopic (exact) mass is 324 g/mol. The second kappa shape index (κ2) is 6.95. The molecule has 0 N–H and O–H groups in total. The molecule has 23 heavy (non-hydrogen) atoms. The number of rotatable bonds is 5. The van der Waals surface area contributed by atoms with Crippen molar-refractivity contribution in [3.8, 4) is 0 Å². The van der Waals surface area contributed by atoms with Crippen LogP contribution in [0, 0.1) is 0 Å². The third kappa shape index (κ3) is 3.98. The summed E-state index contributed by atoms with van der Waals surface area (Å²) in [6.07, 6.45) is 4.16. The molecule has 3 fully saturated rings. The average Bonchev–Trinajstić information content (AvgIpc) is 3.09. The van der Waals surface area contributed by atoms with Gasteiger partial charge in [0.15, 0.2) is 0 Å². The van der Waals surface area contributed by atoms with E-state index in [0.717, 1.165) is 58.5 Å². The molecule has 3 saturated heterocycles. The lowest BCUT2D eigenvalue weighted by molar-refractivity contribution is 0.00658. The zero-order valence-electron chi connectivity index (χ0n) is 15.0. The summed E-state index contributed by atoms with van der Waals surface area (Å²) in [7, 11) is 6.46. The molecule has 3 aliphatic heterocycles. The molecule has 132 valence electrons. The molecule has 0 aromatic heterocycles. The second-order valence-corrected chi connectivity index (χ2v) is 7.84. The molecule has 1 unspecified atom stereocenters. The van der Waals surface area contributed by atoms with Gasteiger partial charge in [-0.25, -0.2) is 4.79 Å². The van der Waals surface area contributed by atoms with E-state index in [1.165, 1.54) is 13.0 Å². The lowest BCUT2D eigenvalue weighted by atomic mass is 9.91. The highest BCUT2D eigenvalue weighted by Crippen LogP contribution is 2.32. The SMILES string of the molecule is CN1CCC2(CC1)CN(CCCN1CCC(N(C)C)C1)C(=O)O2. The summed E-state index contributed by atoms with van der Waals surface area (Å²) in [6, 6.07) is 0.689. The van der Waals surface area contributed by atoms with Crippen LogP contribution in [-0.2, 0) is 4.74 Å². The summed E-state index contributed by atoms with van der Waals surface area (Å²) in [5, 5.41) is 0. The Morgan fingerprint density at radius 3 is 2.61 bits per heavy atom. The van der Waals surface area contributed by atoms with E-state index in [1.54, 1.807) is 0 Å². The molecule has 6 heteroatoms.